The first-order valence-corrected chi connectivity index (χ1v) is 5.02. The summed E-state index contributed by atoms with van der Waals surface area (Å²) in [4.78, 5) is 11.3. The van der Waals surface area contributed by atoms with Crippen LogP contribution in [-0.4, -0.2) is 30.1 Å². The van der Waals surface area contributed by atoms with Gasteiger partial charge in [0, 0.05) is 24.6 Å². The van der Waals surface area contributed by atoms with Crippen LogP contribution in [0.1, 0.15) is 6.42 Å². The second kappa shape index (κ2) is 5.07. The molecule has 3 nitrogen and oxygen atoms in total. The molecule has 0 spiro atoms. The Hall–Kier alpha value is -0.660. The molecule has 1 rings (SSSR count). The smallest absolute Gasteiger partial charge is 0.238 e. The number of amides is 1. The van der Waals surface area contributed by atoms with E-state index in [-0.39, 0.29) is 11.9 Å². The number of nitrogens with one attached hydrogen (secondary N) is 2. The number of terminal acetylenes is 1. The number of rotatable bonds is 3. The van der Waals surface area contributed by atoms with E-state index >= 15 is 0 Å². The number of carbonyl (C=O) groups excluding carboxylic acids is 1. The monoisotopic (exact) mass is 184 g/mol. The molecule has 1 fully saturated rings. The fraction of sp³-hybridized carbons (Fsp3) is 0.625. The van der Waals surface area contributed by atoms with E-state index in [0.717, 1.165) is 11.6 Å². The lowest BCUT2D eigenvalue weighted by atomic mass is 10.3. The zero-order chi connectivity index (χ0) is 8.81. The Morgan fingerprint density at radius 1 is 1.83 bits per heavy atom. The molecule has 1 saturated heterocycles. The van der Waals surface area contributed by atoms with Gasteiger partial charge in [0.2, 0.25) is 5.91 Å². The first-order chi connectivity index (χ1) is 5.84. The SMILES string of the molecule is C#CCCNC(=O)C1CSCN1. The number of hydrogen-bond acceptors (Lipinski definition) is 3. The van der Waals surface area contributed by atoms with Crippen molar-refractivity contribution in [2.24, 2.45) is 0 Å². The largest absolute Gasteiger partial charge is 0.354 e. The van der Waals surface area contributed by atoms with Crippen LogP contribution in [0.15, 0.2) is 0 Å². The minimum Gasteiger partial charge on any atom is -0.354 e. The maximum Gasteiger partial charge on any atom is 0.238 e. The van der Waals surface area contributed by atoms with Gasteiger partial charge in [0.05, 0.1) is 6.04 Å². The van der Waals surface area contributed by atoms with Crippen LogP contribution >= 0.6 is 11.8 Å². The van der Waals surface area contributed by atoms with Crippen LogP contribution in [-0.2, 0) is 4.79 Å². The van der Waals surface area contributed by atoms with E-state index in [4.69, 9.17) is 6.42 Å². The third kappa shape index (κ3) is 2.76. The number of hydrogen-bond donors (Lipinski definition) is 2. The summed E-state index contributed by atoms with van der Waals surface area (Å²) in [5, 5.41) is 5.85. The van der Waals surface area contributed by atoms with Crippen LogP contribution in [0.3, 0.4) is 0 Å². The predicted molar refractivity (Wildman–Crippen MR) is 50.7 cm³/mol. The Balaban J connectivity index is 2.15. The first-order valence-electron chi connectivity index (χ1n) is 3.87. The van der Waals surface area contributed by atoms with Gasteiger partial charge in [-0.05, 0) is 0 Å². The minimum absolute atomic E-state index is 0.0206. The molecule has 0 bridgehead atoms. The highest BCUT2D eigenvalue weighted by molar-refractivity contribution is 7.99. The topological polar surface area (TPSA) is 41.1 Å². The minimum atomic E-state index is -0.0206. The van der Waals surface area contributed by atoms with Gasteiger partial charge in [0.25, 0.3) is 0 Å². The molecule has 0 aliphatic carbocycles. The van der Waals surface area contributed by atoms with Crippen molar-refractivity contribution >= 4 is 17.7 Å². The van der Waals surface area contributed by atoms with Crippen molar-refractivity contribution in [3.8, 4) is 12.3 Å². The maximum absolute atomic E-state index is 11.3. The summed E-state index contributed by atoms with van der Waals surface area (Å²) in [6, 6.07) is -0.0206. The van der Waals surface area contributed by atoms with Gasteiger partial charge in [0.15, 0.2) is 0 Å². The number of carbonyl (C=O) groups is 1. The summed E-state index contributed by atoms with van der Waals surface area (Å²) < 4.78 is 0. The van der Waals surface area contributed by atoms with Crippen molar-refractivity contribution < 1.29 is 4.79 Å². The van der Waals surface area contributed by atoms with Crippen molar-refractivity contribution in [3.05, 3.63) is 0 Å². The standard InChI is InChI=1S/C8H12N2OS/c1-2-3-4-9-8(11)7-5-12-6-10-7/h1,7,10H,3-6H2,(H,9,11). The van der Waals surface area contributed by atoms with E-state index < -0.39 is 0 Å². The first kappa shape index (κ1) is 9.43. The second-order valence-electron chi connectivity index (χ2n) is 2.52. The summed E-state index contributed by atoms with van der Waals surface area (Å²) >= 11 is 1.74. The highest BCUT2D eigenvalue weighted by atomic mass is 32.2. The van der Waals surface area contributed by atoms with Crippen LogP contribution in [0, 0.1) is 12.3 Å². The fourth-order valence-corrected chi connectivity index (χ4v) is 1.89. The predicted octanol–water partition coefficient (Wildman–Crippen LogP) is -0.212. The van der Waals surface area contributed by atoms with Crippen molar-refractivity contribution in [2.75, 3.05) is 18.2 Å². The van der Waals surface area contributed by atoms with E-state index in [1.807, 2.05) is 0 Å². The zero-order valence-corrected chi connectivity index (χ0v) is 7.62. The van der Waals surface area contributed by atoms with Gasteiger partial charge in [-0.15, -0.1) is 24.1 Å². The molecule has 1 amide bonds. The average Bonchev–Trinajstić information content (AvgIpc) is 2.56. The Bertz CT molecular complexity index is 194. The van der Waals surface area contributed by atoms with Crippen LogP contribution < -0.4 is 10.6 Å². The third-order valence-corrected chi connectivity index (χ3v) is 2.54. The lowest BCUT2D eigenvalue weighted by Crippen LogP contribution is -2.42. The molecule has 0 aromatic heterocycles. The number of thioether (sulfide) groups is 1. The normalized spacial score (nSPS) is 21.8. The average molecular weight is 184 g/mol. The molecule has 0 aromatic carbocycles. The Labute approximate surface area is 76.7 Å². The van der Waals surface area contributed by atoms with Crippen molar-refractivity contribution in [2.45, 2.75) is 12.5 Å². The molecular formula is C8H12N2OS. The van der Waals surface area contributed by atoms with E-state index in [1.165, 1.54) is 0 Å². The zero-order valence-electron chi connectivity index (χ0n) is 6.80. The summed E-state index contributed by atoms with van der Waals surface area (Å²) in [7, 11) is 0. The van der Waals surface area contributed by atoms with Crippen LogP contribution in [0.5, 0.6) is 0 Å². The second-order valence-corrected chi connectivity index (χ2v) is 3.55. The van der Waals surface area contributed by atoms with Gasteiger partial charge >= 0.3 is 0 Å². The summed E-state index contributed by atoms with van der Waals surface area (Å²) in [5.41, 5.74) is 0. The molecular weight excluding hydrogens is 172 g/mol. The highest BCUT2D eigenvalue weighted by Gasteiger charge is 2.21. The van der Waals surface area contributed by atoms with Gasteiger partial charge in [0.1, 0.15) is 0 Å². The molecule has 4 heteroatoms. The van der Waals surface area contributed by atoms with Crippen LogP contribution in [0.4, 0.5) is 0 Å². The summed E-state index contributed by atoms with van der Waals surface area (Å²) in [6.07, 6.45) is 5.65. The summed E-state index contributed by atoms with van der Waals surface area (Å²) in [6.45, 7) is 0.582. The van der Waals surface area contributed by atoms with E-state index in [1.54, 1.807) is 11.8 Å². The molecule has 1 unspecified atom stereocenters. The van der Waals surface area contributed by atoms with Crippen molar-refractivity contribution in [1.29, 1.82) is 0 Å². The maximum atomic E-state index is 11.3. The van der Waals surface area contributed by atoms with Crippen molar-refractivity contribution in [1.82, 2.24) is 10.6 Å². The quantitative estimate of drug-likeness (QED) is 0.471. The molecule has 1 heterocycles. The van der Waals surface area contributed by atoms with Crippen LogP contribution in [0.2, 0.25) is 0 Å². The Kier molecular flexibility index (Phi) is 3.98. The highest BCUT2D eigenvalue weighted by Crippen LogP contribution is 2.08. The lowest BCUT2D eigenvalue weighted by Gasteiger charge is -2.08. The molecule has 1 aliphatic heterocycles. The summed E-state index contributed by atoms with van der Waals surface area (Å²) in [5.74, 6) is 4.27. The third-order valence-electron chi connectivity index (χ3n) is 1.60. The molecule has 66 valence electrons. The lowest BCUT2D eigenvalue weighted by molar-refractivity contribution is -0.122. The van der Waals surface area contributed by atoms with E-state index in [9.17, 15) is 4.79 Å². The van der Waals surface area contributed by atoms with Gasteiger partial charge in [-0.2, -0.15) is 0 Å². The molecule has 0 saturated carbocycles. The van der Waals surface area contributed by atoms with Gasteiger partial charge in [-0.1, -0.05) is 0 Å². The molecule has 1 atom stereocenters. The molecule has 1 aliphatic rings. The Morgan fingerprint density at radius 2 is 2.67 bits per heavy atom. The van der Waals surface area contributed by atoms with E-state index in [2.05, 4.69) is 16.6 Å². The molecule has 12 heavy (non-hydrogen) atoms. The molecule has 2 N–H and O–H groups in total. The van der Waals surface area contributed by atoms with E-state index in [0.29, 0.717) is 13.0 Å². The van der Waals surface area contributed by atoms with Crippen LogP contribution in [0.25, 0.3) is 0 Å². The van der Waals surface area contributed by atoms with Gasteiger partial charge < -0.3 is 5.32 Å². The molecule has 0 aromatic rings. The Morgan fingerprint density at radius 3 is 3.25 bits per heavy atom. The van der Waals surface area contributed by atoms with Gasteiger partial charge in [-0.3, -0.25) is 10.1 Å². The molecule has 0 radical (unpaired) electrons. The van der Waals surface area contributed by atoms with Gasteiger partial charge in [-0.25, -0.2) is 0 Å². The fourth-order valence-electron chi connectivity index (χ4n) is 0.945. The van der Waals surface area contributed by atoms with Crippen molar-refractivity contribution in [3.63, 3.8) is 0 Å².